The van der Waals surface area contributed by atoms with Crippen molar-refractivity contribution in [3.05, 3.63) is 59.4 Å². The second-order valence-electron chi connectivity index (χ2n) is 9.57. The van der Waals surface area contributed by atoms with Crippen LogP contribution >= 0.6 is 0 Å². The molecule has 5 rings (SSSR count). The van der Waals surface area contributed by atoms with Crippen LogP contribution in [0.5, 0.6) is 0 Å². The zero-order chi connectivity index (χ0) is 23.8. The van der Waals surface area contributed by atoms with Crippen molar-refractivity contribution < 1.29 is 19.4 Å². The summed E-state index contributed by atoms with van der Waals surface area (Å²) in [7, 11) is 1.46. The Morgan fingerprint density at radius 1 is 1.12 bits per heavy atom. The maximum Gasteiger partial charge on any atom is 0.412 e. The van der Waals surface area contributed by atoms with E-state index in [0.717, 1.165) is 66.6 Å². The molecule has 2 heterocycles. The van der Waals surface area contributed by atoms with Gasteiger partial charge in [-0.25, -0.2) is 9.78 Å². The van der Waals surface area contributed by atoms with E-state index in [1.165, 1.54) is 17.6 Å². The van der Waals surface area contributed by atoms with Gasteiger partial charge in [-0.2, -0.15) is 0 Å². The molecule has 3 atom stereocenters. The van der Waals surface area contributed by atoms with Crippen LogP contribution in [0, 0.1) is 5.92 Å². The minimum atomic E-state index is -0.926. The number of aryl methyl sites for hydroxylation is 1. The van der Waals surface area contributed by atoms with Crippen LogP contribution in [0.2, 0.25) is 0 Å². The van der Waals surface area contributed by atoms with Crippen LogP contribution in [0.3, 0.4) is 0 Å². The fourth-order valence-electron chi connectivity index (χ4n) is 5.83. The Bertz CT molecular complexity index is 1220. The number of nitrogens with zero attached hydrogens (tertiary/aromatic N) is 3. The van der Waals surface area contributed by atoms with E-state index < -0.39 is 6.09 Å². The number of hydrogen-bond donors (Lipinski definition) is 1. The fraction of sp³-hybridized carbons (Fsp3) is 0.444. The Kier molecular flexibility index (Phi) is 6.02. The van der Waals surface area contributed by atoms with Crippen LogP contribution < -0.4 is 4.90 Å². The van der Waals surface area contributed by atoms with Crippen molar-refractivity contribution in [3.8, 4) is 0 Å². The number of ether oxygens (including phenoxy) is 1. The molecule has 3 aromatic rings. The number of hydrogen-bond acceptors (Lipinski definition) is 4. The Hall–Kier alpha value is -3.35. The average Bonchev–Trinajstić information content (AvgIpc) is 3.21. The van der Waals surface area contributed by atoms with Crippen LogP contribution in [-0.2, 0) is 22.4 Å². The Labute approximate surface area is 199 Å². The third-order valence-corrected chi connectivity index (χ3v) is 7.48. The number of anilines is 1. The molecule has 1 fully saturated rings. The summed E-state index contributed by atoms with van der Waals surface area (Å²) in [5.41, 5.74) is 4.84. The lowest BCUT2D eigenvalue weighted by Crippen LogP contribution is -2.41. The predicted molar refractivity (Wildman–Crippen MR) is 130 cm³/mol. The monoisotopic (exact) mass is 461 g/mol. The van der Waals surface area contributed by atoms with Crippen molar-refractivity contribution in [3.63, 3.8) is 0 Å². The molecule has 178 valence electrons. The molecular formula is C27H31N3O4. The molecule has 1 aliphatic heterocycles. The molecule has 2 aliphatic rings. The summed E-state index contributed by atoms with van der Waals surface area (Å²) in [5.74, 6) is 0.722. The van der Waals surface area contributed by atoms with E-state index in [1.807, 2.05) is 37.3 Å². The summed E-state index contributed by atoms with van der Waals surface area (Å²) in [4.78, 5) is 31.0. The molecule has 1 N–H and O–H groups in total. The second kappa shape index (κ2) is 9.12. The van der Waals surface area contributed by atoms with Gasteiger partial charge in [-0.1, -0.05) is 36.8 Å². The van der Waals surface area contributed by atoms with Gasteiger partial charge in [0.2, 0.25) is 0 Å². The van der Waals surface area contributed by atoms with Gasteiger partial charge in [-0.3, -0.25) is 9.69 Å². The molecule has 1 unspecified atom stereocenters. The number of imidazole rings is 1. The minimum absolute atomic E-state index is 0.0625. The van der Waals surface area contributed by atoms with E-state index in [2.05, 4.69) is 16.7 Å². The van der Waals surface area contributed by atoms with Gasteiger partial charge in [0.15, 0.2) is 0 Å². The molecular weight excluding hydrogens is 430 g/mol. The number of rotatable bonds is 4. The van der Waals surface area contributed by atoms with Crippen LogP contribution in [0.15, 0.2) is 42.5 Å². The van der Waals surface area contributed by atoms with E-state index in [9.17, 15) is 14.7 Å². The molecule has 1 amide bonds. The van der Waals surface area contributed by atoms with Gasteiger partial charge in [0, 0.05) is 24.1 Å². The molecule has 1 aliphatic carbocycles. The normalized spacial score (nSPS) is 22.4. The molecule has 1 aromatic heterocycles. The zero-order valence-corrected chi connectivity index (χ0v) is 19.7. The summed E-state index contributed by atoms with van der Waals surface area (Å²) in [6.07, 6.45) is 4.86. The molecule has 0 radical (unpaired) electrons. The van der Waals surface area contributed by atoms with E-state index >= 15 is 0 Å². The number of amides is 1. The van der Waals surface area contributed by atoms with Crippen LogP contribution in [0.1, 0.15) is 62.0 Å². The predicted octanol–water partition coefficient (Wildman–Crippen LogP) is 5.35. The summed E-state index contributed by atoms with van der Waals surface area (Å²) in [5, 5.41) is 9.85. The number of carbonyl (C=O) groups excluding carboxylic acids is 1. The Morgan fingerprint density at radius 2 is 1.91 bits per heavy atom. The van der Waals surface area contributed by atoms with Gasteiger partial charge in [0.25, 0.3) is 0 Å². The highest BCUT2D eigenvalue weighted by atomic mass is 16.5. The number of fused-ring (bicyclic) bond motifs is 3. The number of carbonyl (C=O) groups is 2. The molecule has 0 saturated heterocycles. The van der Waals surface area contributed by atoms with Crippen molar-refractivity contribution in [2.75, 3.05) is 12.0 Å². The third-order valence-electron chi connectivity index (χ3n) is 7.48. The highest BCUT2D eigenvalue weighted by molar-refractivity contribution is 5.94. The van der Waals surface area contributed by atoms with E-state index in [0.29, 0.717) is 6.42 Å². The summed E-state index contributed by atoms with van der Waals surface area (Å²) >= 11 is 0. The lowest BCUT2D eigenvalue weighted by molar-refractivity contribution is -0.147. The quantitative estimate of drug-likeness (QED) is 0.530. The summed E-state index contributed by atoms with van der Waals surface area (Å²) in [6, 6.07) is 14.3. The van der Waals surface area contributed by atoms with Crippen molar-refractivity contribution in [2.24, 2.45) is 5.92 Å². The maximum atomic E-state index is 12.3. The molecule has 0 spiro atoms. The molecule has 34 heavy (non-hydrogen) atoms. The number of carboxylic acid groups (broad SMARTS) is 1. The molecule has 7 heteroatoms. The second-order valence-corrected chi connectivity index (χ2v) is 9.57. The van der Waals surface area contributed by atoms with Gasteiger partial charge < -0.3 is 14.4 Å². The van der Waals surface area contributed by atoms with Gasteiger partial charge >= 0.3 is 12.1 Å². The first kappa shape index (κ1) is 22.4. The van der Waals surface area contributed by atoms with Crippen LogP contribution in [-0.4, -0.2) is 39.9 Å². The van der Waals surface area contributed by atoms with E-state index in [4.69, 9.17) is 9.72 Å². The third kappa shape index (κ3) is 3.93. The van der Waals surface area contributed by atoms with Gasteiger partial charge in [-0.05, 0) is 56.7 Å². The topological polar surface area (TPSA) is 84.7 Å². The number of benzene rings is 2. The number of methoxy groups -OCH3 is 1. The smallest absolute Gasteiger partial charge is 0.412 e. The SMILES string of the molecule is COC(=O)[C@@H]1CCC[C@@H](n2c(Cc3ccccc3)nc3c4c(ccc32)N(C(=O)O)C(C)CC4)C1. The molecule has 1 saturated carbocycles. The Balaban J connectivity index is 1.64. The summed E-state index contributed by atoms with van der Waals surface area (Å²) in [6.45, 7) is 1.95. The van der Waals surface area contributed by atoms with Gasteiger partial charge in [0.05, 0.1) is 29.7 Å². The van der Waals surface area contributed by atoms with Gasteiger partial charge in [-0.15, -0.1) is 0 Å². The number of esters is 1. The van der Waals surface area contributed by atoms with E-state index in [-0.39, 0.29) is 24.0 Å². The minimum Gasteiger partial charge on any atom is -0.469 e. The maximum absolute atomic E-state index is 12.3. The van der Waals surface area contributed by atoms with Gasteiger partial charge in [0.1, 0.15) is 5.82 Å². The zero-order valence-electron chi connectivity index (χ0n) is 19.7. The van der Waals surface area contributed by atoms with Crippen LogP contribution in [0.4, 0.5) is 10.5 Å². The molecule has 0 bridgehead atoms. The molecule has 2 aromatic carbocycles. The first-order valence-corrected chi connectivity index (χ1v) is 12.1. The van der Waals surface area contributed by atoms with Crippen LogP contribution in [0.25, 0.3) is 11.0 Å². The average molecular weight is 462 g/mol. The lowest BCUT2D eigenvalue weighted by atomic mass is 9.85. The summed E-state index contributed by atoms with van der Waals surface area (Å²) < 4.78 is 7.38. The number of aromatic nitrogens is 2. The van der Waals surface area contributed by atoms with Crippen molar-refractivity contribution >= 4 is 28.8 Å². The molecule has 7 nitrogen and oxygen atoms in total. The highest BCUT2D eigenvalue weighted by Crippen LogP contribution is 2.40. The fourth-order valence-corrected chi connectivity index (χ4v) is 5.83. The largest absolute Gasteiger partial charge is 0.469 e. The Morgan fingerprint density at radius 3 is 2.65 bits per heavy atom. The van der Waals surface area contributed by atoms with E-state index in [1.54, 1.807) is 0 Å². The highest BCUT2D eigenvalue weighted by Gasteiger charge is 2.34. The first-order chi connectivity index (χ1) is 16.5. The van der Waals surface area contributed by atoms with Crippen molar-refractivity contribution in [1.82, 2.24) is 9.55 Å². The van der Waals surface area contributed by atoms with Crippen molar-refractivity contribution in [1.29, 1.82) is 0 Å². The standard InChI is InChI=1S/C27H31N3O4/c1-17-11-12-21-22(29(17)27(32)33)13-14-23-25(21)28-24(15-18-7-4-3-5-8-18)30(23)20-10-6-9-19(16-20)26(31)34-2/h3-5,7-8,13-14,17,19-20H,6,9-12,15-16H2,1-2H3,(H,32,33)/t17?,19-,20-/m1/s1. The first-order valence-electron chi connectivity index (χ1n) is 12.1. The lowest BCUT2D eigenvalue weighted by Gasteiger charge is -2.33. The van der Waals surface area contributed by atoms with Crippen molar-refractivity contribution in [2.45, 2.75) is 64.0 Å².